The average molecular weight is 385 g/mol. The van der Waals surface area contributed by atoms with Crippen LogP contribution in [0.2, 0.25) is 0 Å². The average Bonchev–Trinajstić information content (AvgIpc) is 3.37. The Hall–Kier alpha value is -2.38. The van der Waals surface area contributed by atoms with E-state index in [9.17, 15) is 4.79 Å². The number of anilines is 1. The molecule has 3 aromatic rings. The summed E-state index contributed by atoms with van der Waals surface area (Å²) in [6.07, 6.45) is 1.84. The third kappa shape index (κ3) is 3.84. The van der Waals surface area contributed by atoms with Crippen LogP contribution in [-0.2, 0) is 4.79 Å². The molecule has 3 heterocycles. The van der Waals surface area contributed by atoms with Crippen molar-refractivity contribution in [2.75, 3.05) is 31.1 Å². The third-order valence-corrected chi connectivity index (χ3v) is 5.99. The first-order valence-corrected chi connectivity index (χ1v) is 10.2. The van der Waals surface area contributed by atoms with E-state index in [1.54, 1.807) is 11.3 Å². The zero-order valence-corrected chi connectivity index (χ0v) is 16.4. The van der Waals surface area contributed by atoms with Crippen molar-refractivity contribution in [3.8, 4) is 0 Å². The lowest BCUT2D eigenvalue weighted by Gasteiger charge is -2.37. The number of piperazine rings is 1. The molecule has 2 unspecified atom stereocenters. The number of thiazole rings is 1. The number of carbonyl (C=O) groups is 1. The van der Waals surface area contributed by atoms with Crippen molar-refractivity contribution in [3.05, 3.63) is 47.7 Å². The largest absolute Gasteiger partial charge is 0.459 e. The molecule has 1 aliphatic heterocycles. The first-order valence-electron chi connectivity index (χ1n) is 9.29. The summed E-state index contributed by atoms with van der Waals surface area (Å²) in [5.74, 6) is 0.816. The molecule has 6 nitrogen and oxygen atoms in total. The number of hydrogen-bond donors (Lipinski definition) is 1. The Labute approximate surface area is 162 Å². The molecule has 1 aromatic carbocycles. The van der Waals surface area contributed by atoms with Crippen LogP contribution in [0, 0.1) is 0 Å². The molecule has 1 aliphatic rings. The van der Waals surface area contributed by atoms with E-state index in [0.717, 1.165) is 48.0 Å². The normalized spacial score (nSPS) is 17.8. The zero-order valence-electron chi connectivity index (χ0n) is 15.6. The van der Waals surface area contributed by atoms with Crippen LogP contribution < -0.4 is 10.2 Å². The summed E-state index contributed by atoms with van der Waals surface area (Å²) in [4.78, 5) is 21.6. The highest BCUT2D eigenvalue weighted by Gasteiger charge is 2.27. The van der Waals surface area contributed by atoms with Gasteiger partial charge in [-0.05, 0) is 26.0 Å². The van der Waals surface area contributed by atoms with Crippen LogP contribution >= 0.6 is 11.3 Å². The molecular formula is C20H24N4O2S. The minimum Gasteiger partial charge on any atom is -0.459 e. The van der Waals surface area contributed by atoms with E-state index < -0.39 is 0 Å². The Morgan fingerprint density at radius 1 is 1.22 bits per heavy atom. The second-order valence-corrected chi connectivity index (χ2v) is 7.80. The molecule has 0 aliphatic carbocycles. The number of furan rings is 1. The molecular weight excluding hydrogens is 360 g/mol. The summed E-state index contributed by atoms with van der Waals surface area (Å²) in [6, 6.07) is 9.56. The molecule has 2 atom stereocenters. The highest BCUT2D eigenvalue weighted by atomic mass is 32.1. The number of nitrogens with zero attached hydrogens (tertiary/aromatic N) is 3. The molecule has 7 heteroatoms. The van der Waals surface area contributed by atoms with Crippen molar-refractivity contribution in [1.29, 1.82) is 0 Å². The number of fused-ring (bicyclic) bond motifs is 1. The smallest absolute Gasteiger partial charge is 0.237 e. The van der Waals surface area contributed by atoms with Gasteiger partial charge in [0.05, 0.1) is 12.1 Å². The third-order valence-electron chi connectivity index (χ3n) is 5.16. The topological polar surface area (TPSA) is 61.6 Å². The van der Waals surface area contributed by atoms with Gasteiger partial charge in [0.1, 0.15) is 11.3 Å². The van der Waals surface area contributed by atoms with Crippen molar-refractivity contribution in [2.24, 2.45) is 0 Å². The van der Waals surface area contributed by atoms with Crippen molar-refractivity contribution in [3.63, 3.8) is 0 Å². The van der Waals surface area contributed by atoms with Gasteiger partial charge in [0.15, 0.2) is 5.13 Å². The fourth-order valence-electron chi connectivity index (χ4n) is 3.46. The van der Waals surface area contributed by atoms with E-state index >= 15 is 0 Å². The first-order chi connectivity index (χ1) is 13.1. The fourth-order valence-corrected chi connectivity index (χ4v) is 4.16. The minimum atomic E-state index is -0.171. The summed E-state index contributed by atoms with van der Waals surface area (Å²) in [6.45, 7) is 7.43. The first kappa shape index (κ1) is 18.0. The van der Waals surface area contributed by atoms with Gasteiger partial charge in [-0.2, -0.15) is 0 Å². The van der Waals surface area contributed by atoms with Crippen LogP contribution in [0.3, 0.4) is 0 Å². The van der Waals surface area contributed by atoms with Gasteiger partial charge in [-0.3, -0.25) is 9.69 Å². The van der Waals surface area contributed by atoms with E-state index in [2.05, 4.69) is 20.1 Å². The molecule has 0 radical (unpaired) electrons. The van der Waals surface area contributed by atoms with Crippen molar-refractivity contribution < 1.29 is 9.21 Å². The highest BCUT2D eigenvalue weighted by molar-refractivity contribution is 7.13. The molecule has 142 valence electrons. The lowest BCUT2D eigenvalue weighted by Crippen LogP contribution is -2.54. The van der Waals surface area contributed by atoms with Gasteiger partial charge in [0, 0.05) is 43.1 Å². The fraction of sp³-hybridized carbons (Fsp3) is 0.400. The zero-order chi connectivity index (χ0) is 18.8. The van der Waals surface area contributed by atoms with E-state index in [4.69, 9.17) is 4.42 Å². The van der Waals surface area contributed by atoms with Crippen LogP contribution in [0.15, 0.2) is 46.3 Å². The van der Waals surface area contributed by atoms with E-state index in [1.165, 1.54) is 0 Å². The predicted molar refractivity (Wildman–Crippen MR) is 108 cm³/mol. The SMILES string of the molecule is CC(NC(=O)C(C)N1CCN(c2nccs2)CC1)c1cc2ccccc2o1. The molecule has 0 spiro atoms. The van der Waals surface area contributed by atoms with Crippen LogP contribution in [0.25, 0.3) is 11.0 Å². The Balaban J connectivity index is 1.33. The van der Waals surface area contributed by atoms with Gasteiger partial charge >= 0.3 is 0 Å². The highest BCUT2D eigenvalue weighted by Crippen LogP contribution is 2.24. The number of benzene rings is 1. The summed E-state index contributed by atoms with van der Waals surface area (Å²) in [5.41, 5.74) is 0.847. The Morgan fingerprint density at radius 2 is 2.00 bits per heavy atom. The van der Waals surface area contributed by atoms with Gasteiger partial charge in [-0.1, -0.05) is 18.2 Å². The number of rotatable bonds is 5. The van der Waals surface area contributed by atoms with Crippen molar-refractivity contribution >= 4 is 33.3 Å². The lowest BCUT2D eigenvalue weighted by atomic mass is 10.1. The van der Waals surface area contributed by atoms with E-state index in [1.807, 2.05) is 55.8 Å². The number of hydrogen-bond acceptors (Lipinski definition) is 6. The van der Waals surface area contributed by atoms with Gasteiger partial charge < -0.3 is 14.6 Å². The minimum absolute atomic E-state index is 0.0330. The molecule has 1 saturated heterocycles. The van der Waals surface area contributed by atoms with Gasteiger partial charge in [-0.25, -0.2) is 4.98 Å². The summed E-state index contributed by atoms with van der Waals surface area (Å²) >= 11 is 1.66. The predicted octanol–water partition coefficient (Wildman–Crippen LogP) is 3.28. The van der Waals surface area contributed by atoms with Crippen LogP contribution in [-0.4, -0.2) is 48.0 Å². The summed E-state index contributed by atoms with van der Waals surface area (Å²) in [7, 11) is 0. The molecule has 1 fully saturated rings. The number of para-hydroxylation sites is 1. The second-order valence-electron chi connectivity index (χ2n) is 6.93. The maximum atomic E-state index is 12.7. The lowest BCUT2D eigenvalue weighted by molar-refractivity contribution is -0.126. The van der Waals surface area contributed by atoms with Crippen LogP contribution in [0.4, 0.5) is 5.13 Å². The Morgan fingerprint density at radius 3 is 2.70 bits per heavy atom. The van der Waals surface area contributed by atoms with Gasteiger partial charge in [-0.15, -0.1) is 11.3 Å². The number of amides is 1. The van der Waals surface area contributed by atoms with Crippen LogP contribution in [0.5, 0.6) is 0 Å². The van der Waals surface area contributed by atoms with Crippen LogP contribution in [0.1, 0.15) is 25.6 Å². The number of nitrogens with one attached hydrogen (secondary N) is 1. The van der Waals surface area contributed by atoms with Crippen molar-refractivity contribution in [2.45, 2.75) is 25.9 Å². The summed E-state index contributed by atoms with van der Waals surface area (Å²) < 4.78 is 5.87. The van der Waals surface area contributed by atoms with E-state index in [0.29, 0.717) is 0 Å². The van der Waals surface area contributed by atoms with E-state index in [-0.39, 0.29) is 18.0 Å². The standard InChI is InChI=1S/C20H24N4O2S/c1-14(18-13-16-5-3-4-6-17(16)26-18)22-19(25)15(2)23-8-10-24(11-9-23)20-21-7-12-27-20/h3-7,12-15H,8-11H2,1-2H3,(H,22,25). The molecule has 0 saturated carbocycles. The quantitative estimate of drug-likeness (QED) is 0.731. The Bertz CT molecular complexity index is 867. The van der Waals surface area contributed by atoms with Gasteiger partial charge in [0.2, 0.25) is 5.91 Å². The number of carbonyl (C=O) groups excluding carboxylic acids is 1. The molecule has 27 heavy (non-hydrogen) atoms. The second kappa shape index (κ2) is 7.70. The monoisotopic (exact) mass is 384 g/mol. The molecule has 0 bridgehead atoms. The maximum absolute atomic E-state index is 12.7. The molecule has 4 rings (SSSR count). The van der Waals surface area contributed by atoms with Crippen molar-refractivity contribution in [1.82, 2.24) is 15.2 Å². The molecule has 1 N–H and O–H groups in total. The molecule has 1 amide bonds. The van der Waals surface area contributed by atoms with Gasteiger partial charge in [0.25, 0.3) is 0 Å². The summed E-state index contributed by atoms with van der Waals surface area (Å²) in [5, 5.41) is 7.21. The maximum Gasteiger partial charge on any atom is 0.237 e. The Kier molecular flexibility index (Phi) is 5.13. The number of aromatic nitrogens is 1. The molecule has 2 aromatic heterocycles.